The van der Waals surface area contributed by atoms with Gasteiger partial charge in [0.2, 0.25) is 0 Å². The van der Waals surface area contributed by atoms with Crippen LogP contribution in [0.3, 0.4) is 0 Å². The molecule has 0 heterocycles. The first-order valence-electron chi connectivity index (χ1n) is 6.56. The van der Waals surface area contributed by atoms with E-state index < -0.39 is 0 Å². The standard InChI is InChI=1S/C15H25NO2/c1-4-13-5-7-14(8-6-13)11-16-15(2,9-10-17)12-18-3/h5-8,16-17H,4,9-12H2,1-3H3. The molecule has 0 aliphatic carbocycles. The summed E-state index contributed by atoms with van der Waals surface area (Å²) in [6, 6.07) is 8.63. The zero-order valence-electron chi connectivity index (χ0n) is 11.7. The third kappa shape index (κ3) is 4.77. The highest BCUT2D eigenvalue weighted by Crippen LogP contribution is 2.12. The average Bonchev–Trinajstić information content (AvgIpc) is 2.38. The number of rotatable bonds is 8. The molecule has 0 amide bonds. The Hall–Kier alpha value is -0.900. The Morgan fingerprint density at radius 2 is 1.83 bits per heavy atom. The predicted octanol–water partition coefficient (Wildman–Crippen LogP) is 2.13. The lowest BCUT2D eigenvalue weighted by molar-refractivity contribution is 0.0969. The van der Waals surface area contributed by atoms with Gasteiger partial charge >= 0.3 is 0 Å². The number of ether oxygens (including phenoxy) is 1. The number of nitrogens with one attached hydrogen (secondary N) is 1. The van der Waals surface area contributed by atoms with Crippen molar-refractivity contribution in [3.63, 3.8) is 0 Å². The Morgan fingerprint density at radius 3 is 2.33 bits per heavy atom. The summed E-state index contributed by atoms with van der Waals surface area (Å²) in [4.78, 5) is 0. The summed E-state index contributed by atoms with van der Waals surface area (Å²) >= 11 is 0. The largest absolute Gasteiger partial charge is 0.396 e. The molecule has 2 N–H and O–H groups in total. The molecule has 0 bridgehead atoms. The van der Waals surface area contributed by atoms with Crippen LogP contribution in [0.1, 0.15) is 31.4 Å². The molecule has 0 fully saturated rings. The zero-order valence-corrected chi connectivity index (χ0v) is 11.7. The zero-order chi connectivity index (χ0) is 13.4. The molecule has 0 saturated carbocycles. The van der Waals surface area contributed by atoms with E-state index in [4.69, 9.17) is 9.84 Å². The summed E-state index contributed by atoms with van der Waals surface area (Å²) in [5.74, 6) is 0. The molecule has 0 aliphatic rings. The summed E-state index contributed by atoms with van der Waals surface area (Å²) in [5, 5.41) is 12.6. The van der Waals surface area contributed by atoms with Crippen LogP contribution in [0.2, 0.25) is 0 Å². The number of hydrogen-bond acceptors (Lipinski definition) is 3. The van der Waals surface area contributed by atoms with Crippen molar-refractivity contribution in [1.82, 2.24) is 5.32 Å². The molecular weight excluding hydrogens is 226 g/mol. The molecular formula is C15H25NO2. The van der Waals surface area contributed by atoms with Gasteiger partial charge in [-0.25, -0.2) is 0 Å². The van der Waals surface area contributed by atoms with Gasteiger partial charge < -0.3 is 15.2 Å². The third-order valence-electron chi connectivity index (χ3n) is 3.28. The molecule has 0 radical (unpaired) electrons. The maximum absolute atomic E-state index is 9.10. The Balaban J connectivity index is 2.55. The van der Waals surface area contributed by atoms with Crippen LogP contribution in [0.15, 0.2) is 24.3 Å². The van der Waals surface area contributed by atoms with Crippen molar-refractivity contribution >= 4 is 0 Å². The van der Waals surface area contributed by atoms with Crippen molar-refractivity contribution in [1.29, 1.82) is 0 Å². The number of hydrogen-bond donors (Lipinski definition) is 2. The summed E-state index contributed by atoms with van der Waals surface area (Å²) < 4.78 is 5.21. The van der Waals surface area contributed by atoms with Gasteiger partial charge in [-0.05, 0) is 30.9 Å². The second-order valence-corrected chi connectivity index (χ2v) is 4.99. The van der Waals surface area contributed by atoms with E-state index in [-0.39, 0.29) is 12.1 Å². The van der Waals surface area contributed by atoms with Crippen molar-refractivity contribution in [3.05, 3.63) is 35.4 Å². The predicted molar refractivity (Wildman–Crippen MR) is 74.6 cm³/mol. The fourth-order valence-electron chi connectivity index (χ4n) is 1.99. The molecule has 3 heteroatoms. The van der Waals surface area contributed by atoms with E-state index in [2.05, 4.69) is 43.4 Å². The molecule has 0 aliphatic heterocycles. The number of aliphatic hydroxyl groups excluding tert-OH is 1. The lowest BCUT2D eigenvalue weighted by Gasteiger charge is -2.29. The lowest BCUT2D eigenvalue weighted by atomic mass is 9.98. The first-order chi connectivity index (χ1) is 8.63. The van der Waals surface area contributed by atoms with Crippen molar-refractivity contribution in [2.24, 2.45) is 0 Å². The highest BCUT2D eigenvalue weighted by Gasteiger charge is 2.22. The molecule has 102 valence electrons. The van der Waals surface area contributed by atoms with Gasteiger partial charge in [-0.1, -0.05) is 31.2 Å². The molecule has 1 aromatic rings. The number of aryl methyl sites for hydroxylation is 1. The maximum Gasteiger partial charge on any atom is 0.0642 e. The summed E-state index contributed by atoms with van der Waals surface area (Å²) in [5.41, 5.74) is 2.44. The SMILES string of the molecule is CCc1ccc(CNC(C)(CCO)COC)cc1. The minimum atomic E-state index is -0.174. The van der Waals surface area contributed by atoms with Gasteiger partial charge in [-0.2, -0.15) is 0 Å². The van der Waals surface area contributed by atoms with E-state index in [1.807, 2.05) is 0 Å². The lowest BCUT2D eigenvalue weighted by Crippen LogP contribution is -2.46. The van der Waals surface area contributed by atoms with Gasteiger partial charge in [0.05, 0.1) is 6.61 Å². The van der Waals surface area contributed by atoms with E-state index in [1.54, 1.807) is 7.11 Å². The molecule has 1 aromatic carbocycles. The van der Waals surface area contributed by atoms with Crippen LogP contribution < -0.4 is 5.32 Å². The average molecular weight is 251 g/mol. The molecule has 0 spiro atoms. The summed E-state index contributed by atoms with van der Waals surface area (Å²) in [6.07, 6.45) is 1.76. The third-order valence-corrected chi connectivity index (χ3v) is 3.28. The Bertz CT molecular complexity index is 329. The minimum Gasteiger partial charge on any atom is -0.396 e. The van der Waals surface area contributed by atoms with Crippen LogP contribution >= 0.6 is 0 Å². The van der Waals surface area contributed by atoms with Crippen molar-refractivity contribution in [2.75, 3.05) is 20.3 Å². The van der Waals surface area contributed by atoms with Gasteiger partial charge in [0.15, 0.2) is 0 Å². The fraction of sp³-hybridized carbons (Fsp3) is 0.600. The van der Waals surface area contributed by atoms with Crippen LogP contribution in [0, 0.1) is 0 Å². The molecule has 1 atom stereocenters. The van der Waals surface area contributed by atoms with Gasteiger partial charge in [0.1, 0.15) is 0 Å². The van der Waals surface area contributed by atoms with E-state index in [0.717, 1.165) is 13.0 Å². The highest BCUT2D eigenvalue weighted by molar-refractivity contribution is 5.22. The van der Waals surface area contributed by atoms with Crippen molar-refractivity contribution < 1.29 is 9.84 Å². The minimum absolute atomic E-state index is 0.168. The van der Waals surface area contributed by atoms with Crippen LogP contribution in [0.5, 0.6) is 0 Å². The molecule has 18 heavy (non-hydrogen) atoms. The second kappa shape index (κ2) is 7.52. The highest BCUT2D eigenvalue weighted by atomic mass is 16.5. The Morgan fingerprint density at radius 1 is 1.22 bits per heavy atom. The second-order valence-electron chi connectivity index (χ2n) is 4.99. The van der Waals surface area contributed by atoms with Crippen molar-refractivity contribution in [2.45, 2.75) is 38.8 Å². The van der Waals surface area contributed by atoms with Gasteiger partial charge in [-0.3, -0.25) is 0 Å². The fourth-order valence-corrected chi connectivity index (χ4v) is 1.99. The van der Waals surface area contributed by atoms with E-state index in [9.17, 15) is 0 Å². The topological polar surface area (TPSA) is 41.5 Å². The van der Waals surface area contributed by atoms with Gasteiger partial charge in [0, 0.05) is 25.8 Å². The number of aliphatic hydroxyl groups is 1. The van der Waals surface area contributed by atoms with Crippen LogP contribution in [-0.4, -0.2) is 31.0 Å². The molecule has 0 aromatic heterocycles. The van der Waals surface area contributed by atoms with Gasteiger partial charge in [-0.15, -0.1) is 0 Å². The summed E-state index contributed by atoms with van der Waals surface area (Å²) in [7, 11) is 1.69. The van der Waals surface area contributed by atoms with Crippen LogP contribution in [0.25, 0.3) is 0 Å². The van der Waals surface area contributed by atoms with E-state index >= 15 is 0 Å². The number of benzene rings is 1. The Kier molecular flexibility index (Phi) is 6.33. The molecule has 3 nitrogen and oxygen atoms in total. The number of methoxy groups -OCH3 is 1. The van der Waals surface area contributed by atoms with Gasteiger partial charge in [0.25, 0.3) is 0 Å². The summed E-state index contributed by atoms with van der Waals surface area (Å²) in [6.45, 7) is 5.80. The van der Waals surface area contributed by atoms with Crippen LogP contribution in [-0.2, 0) is 17.7 Å². The Labute approximate surface area is 110 Å². The smallest absolute Gasteiger partial charge is 0.0642 e. The first-order valence-corrected chi connectivity index (χ1v) is 6.56. The van der Waals surface area contributed by atoms with Crippen molar-refractivity contribution in [3.8, 4) is 0 Å². The maximum atomic E-state index is 9.10. The molecule has 1 rings (SSSR count). The quantitative estimate of drug-likeness (QED) is 0.743. The molecule has 0 saturated heterocycles. The molecule has 1 unspecified atom stereocenters. The van der Waals surface area contributed by atoms with E-state index in [1.165, 1.54) is 11.1 Å². The monoisotopic (exact) mass is 251 g/mol. The normalized spacial score (nSPS) is 14.4. The van der Waals surface area contributed by atoms with Crippen LogP contribution in [0.4, 0.5) is 0 Å². The first kappa shape index (κ1) is 15.2. The van der Waals surface area contributed by atoms with E-state index in [0.29, 0.717) is 13.0 Å².